The van der Waals surface area contributed by atoms with Gasteiger partial charge in [-0.05, 0) is 25.7 Å². The Hall–Kier alpha value is -1.10. The molecule has 5 nitrogen and oxygen atoms in total. The van der Waals surface area contributed by atoms with Crippen molar-refractivity contribution in [1.82, 2.24) is 10.2 Å². The number of piperazine rings is 1. The highest BCUT2D eigenvalue weighted by molar-refractivity contribution is 5.96. The van der Waals surface area contributed by atoms with Crippen LogP contribution in [0.1, 0.15) is 58.8 Å². The molecular weight excluding hydrogens is 268 g/mol. The van der Waals surface area contributed by atoms with Crippen molar-refractivity contribution in [2.24, 2.45) is 0 Å². The van der Waals surface area contributed by atoms with Crippen LogP contribution in [-0.4, -0.2) is 48.1 Å². The molecule has 2 amide bonds. The van der Waals surface area contributed by atoms with Gasteiger partial charge < -0.3 is 15.0 Å². The van der Waals surface area contributed by atoms with Crippen molar-refractivity contribution < 1.29 is 14.3 Å². The molecule has 2 aliphatic rings. The molecule has 1 heterocycles. The fourth-order valence-corrected chi connectivity index (χ4v) is 3.35. The minimum absolute atomic E-state index is 0.0172. The van der Waals surface area contributed by atoms with Gasteiger partial charge >= 0.3 is 0 Å². The van der Waals surface area contributed by atoms with Crippen LogP contribution in [0.2, 0.25) is 0 Å². The third-order valence-corrected chi connectivity index (χ3v) is 4.53. The Morgan fingerprint density at radius 2 is 1.95 bits per heavy atom. The zero-order chi connectivity index (χ0) is 15.2. The molecule has 1 saturated carbocycles. The van der Waals surface area contributed by atoms with Gasteiger partial charge in [0.1, 0.15) is 12.1 Å². The van der Waals surface area contributed by atoms with E-state index >= 15 is 0 Å². The van der Waals surface area contributed by atoms with E-state index in [2.05, 4.69) is 5.32 Å². The number of rotatable bonds is 7. The minimum atomic E-state index is -0.350. The Balaban J connectivity index is 1.91. The molecule has 1 aliphatic carbocycles. The van der Waals surface area contributed by atoms with Gasteiger partial charge in [-0.25, -0.2) is 0 Å². The summed E-state index contributed by atoms with van der Waals surface area (Å²) in [5.41, 5.74) is 0. The normalized spacial score (nSPS) is 27.2. The van der Waals surface area contributed by atoms with Crippen molar-refractivity contribution in [2.75, 3.05) is 13.2 Å². The van der Waals surface area contributed by atoms with Crippen molar-refractivity contribution in [3.8, 4) is 0 Å². The average molecular weight is 296 g/mol. The molecule has 2 unspecified atom stereocenters. The summed E-state index contributed by atoms with van der Waals surface area (Å²) in [7, 11) is 0. The second-order valence-corrected chi connectivity index (χ2v) is 6.08. The van der Waals surface area contributed by atoms with E-state index < -0.39 is 0 Å². The third-order valence-electron chi connectivity index (χ3n) is 4.53. The van der Waals surface area contributed by atoms with Crippen LogP contribution in [0.25, 0.3) is 0 Å². The lowest BCUT2D eigenvalue weighted by molar-refractivity contribution is -0.150. The number of carbonyl (C=O) groups is 2. The maximum Gasteiger partial charge on any atom is 0.245 e. The molecule has 2 rings (SSSR count). The minimum Gasteiger partial charge on any atom is -0.376 e. The van der Waals surface area contributed by atoms with Crippen LogP contribution in [0, 0.1) is 0 Å². The number of amides is 2. The molecular formula is C16H28N2O3. The van der Waals surface area contributed by atoms with Crippen molar-refractivity contribution in [3.63, 3.8) is 0 Å². The number of hydrogen-bond donors (Lipinski definition) is 1. The van der Waals surface area contributed by atoms with E-state index in [0.29, 0.717) is 32.1 Å². The van der Waals surface area contributed by atoms with Crippen LogP contribution in [-0.2, 0) is 14.3 Å². The Labute approximate surface area is 127 Å². The zero-order valence-corrected chi connectivity index (χ0v) is 13.3. The van der Waals surface area contributed by atoms with Crippen molar-refractivity contribution in [3.05, 3.63) is 0 Å². The van der Waals surface area contributed by atoms with Crippen molar-refractivity contribution in [2.45, 2.75) is 77.0 Å². The summed E-state index contributed by atoms with van der Waals surface area (Å²) in [6.45, 7) is 5.04. The van der Waals surface area contributed by atoms with Crippen LogP contribution in [0.5, 0.6) is 0 Å². The van der Waals surface area contributed by atoms with Gasteiger partial charge in [-0.1, -0.05) is 33.1 Å². The molecule has 1 saturated heterocycles. The smallest absolute Gasteiger partial charge is 0.245 e. The van der Waals surface area contributed by atoms with Gasteiger partial charge in [0.05, 0.1) is 12.7 Å². The van der Waals surface area contributed by atoms with E-state index in [1.54, 1.807) is 4.90 Å². The molecule has 1 aliphatic heterocycles. The first-order valence-electron chi connectivity index (χ1n) is 8.39. The molecule has 21 heavy (non-hydrogen) atoms. The predicted molar refractivity (Wildman–Crippen MR) is 80.8 cm³/mol. The molecule has 0 spiro atoms. The first-order chi connectivity index (χ1) is 10.2. The van der Waals surface area contributed by atoms with Gasteiger partial charge in [0.2, 0.25) is 11.8 Å². The number of nitrogens with zero attached hydrogens (tertiary/aromatic N) is 1. The van der Waals surface area contributed by atoms with Gasteiger partial charge in [0.25, 0.3) is 0 Å². The summed E-state index contributed by atoms with van der Waals surface area (Å²) in [6, 6.07) is -0.686. The maximum atomic E-state index is 12.5. The second kappa shape index (κ2) is 7.78. The van der Waals surface area contributed by atoms with Crippen LogP contribution in [0.3, 0.4) is 0 Å². The first kappa shape index (κ1) is 16.3. The van der Waals surface area contributed by atoms with Crippen LogP contribution in [0.15, 0.2) is 0 Å². The summed E-state index contributed by atoms with van der Waals surface area (Å²) < 4.78 is 5.85. The summed E-state index contributed by atoms with van der Waals surface area (Å²) in [5, 5.41) is 2.86. The number of hydrogen-bond acceptors (Lipinski definition) is 3. The quantitative estimate of drug-likeness (QED) is 0.780. The van der Waals surface area contributed by atoms with E-state index in [4.69, 9.17) is 4.74 Å². The van der Waals surface area contributed by atoms with E-state index in [1.165, 1.54) is 12.8 Å². The largest absolute Gasteiger partial charge is 0.376 e. The van der Waals surface area contributed by atoms with E-state index in [-0.39, 0.29) is 23.9 Å². The molecule has 0 radical (unpaired) electrons. The van der Waals surface area contributed by atoms with E-state index in [9.17, 15) is 9.59 Å². The fourth-order valence-electron chi connectivity index (χ4n) is 3.35. The van der Waals surface area contributed by atoms with Gasteiger partial charge in [0.15, 0.2) is 0 Å². The predicted octanol–water partition coefficient (Wildman–Crippen LogP) is 1.85. The third kappa shape index (κ3) is 3.96. The van der Waals surface area contributed by atoms with Crippen molar-refractivity contribution in [1.29, 1.82) is 0 Å². The lowest BCUT2D eigenvalue weighted by Crippen LogP contribution is -2.63. The number of carbonyl (C=O) groups excluding carboxylic acids is 2. The van der Waals surface area contributed by atoms with Crippen LogP contribution in [0.4, 0.5) is 0 Å². The molecule has 0 aromatic heterocycles. The molecule has 1 N–H and O–H groups in total. The molecule has 2 fully saturated rings. The molecule has 5 heteroatoms. The lowest BCUT2D eigenvalue weighted by Gasteiger charge is -2.38. The molecule has 0 aromatic rings. The average Bonchev–Trinajstić information content (AvgIpc) is 2.97. The monoisotopic (exact) mass is 296 g/mol. The standard InChI is InChI=1S/C16H28N2O3/c1-3-7-13-16(20)18(14(4-2)15(19)17-13)10-11-21-12-8-5-6-9-12/h12-14H,3-11H2,1-2H3,(H,17,19). The second-order valence-electron chi connectivity index (χ2n) is 6.08. The summed E-state index contributed by atoms with van der Waals surface area (Å²) in [4.78, 5) is 26.4. The van der Waals surface area contributed by atoms with Gasteiger partial charge in [-0.15, -0.1) is 0 Å². The Bertz CT molecular complexity index is 367. The van der Waals surface area contributed by atoms with Gasteiger partial charge in [-0.2, -0.15) is 0 Å². The van der Waals surface area contributed by atoms with E-state index in [1.807, 2.05) is 13.8 Å². The summed E-state index contributed by atoms with van der Waals surface area (Å²) in [6.07, 6.45) is 7.34. The lowest BCUT2D eigenvalue weighted by atomic mass is 10.0. The Kier molecular flexibility index (Phi) is 6.03. The van der Waals surface area contributed by atoms with E-state index in [0.717, 1.165) is 19.3 Å². The topological polar surface area (TPSA) is 58.6 Å². The fraction of sp³-hybridized carbons (Fsp3) is 0.875. The molecule has 0 aromatic carbocycles. The Morgan fingerprint density at radius 1 is 1.24 bits per heavy atom. The van der Waals surface area contributed by atoms with Crippen LogP contribution < -0.4 is 5.32 Å². The van der Waals surface area contributed by atoms with Crippen molar-refractivity contribution >= 4 is 11.8 Å². The summed E-state index contributed by atoms with van der Waals surface area (Å²) >= 11 is 0. The highest BCUT2D eigenvalue weighted by atomic mass is 16.5. The summed E-state index contributed by atoms with van der Waals surface area (Å²) in [5.74, 6) is 0.0368. The zero-order valence-electron chi connectivity index (χ0n) is 13.3. The maximum absolute atomic E-state index is 12.5. The first-order valence-corrected chi connectivity index (χ1v) is 8.39. The molecule has 2 atom stereocenters. The van der Waals surface area contributed by atoms with Gasteiger partial charge in [0, 0.05) is 6.54 Å². The molecule has 0 bridgehead atoms. The number of nitrogens with one attached hydrogen (secondary N) is 1. The van der Waals surface area contributed by atoms with Gasteiger partial charge in [-0.3, -0.25) is 9.59 Å². The Morgan fingerprint density at radius 3 is 2.57 bits per heavy atom. The molecule has 120 valence electrons. The van der Waals surface area contributed by atoms with Crippen LogP contribution >= 0.6 is 0 Å². The SMILES string of the molecule is CCCC1NC(=O)C(CC)N(CCOC2CCCC2)C1=O. The highest BCUT2D eigenvalue weighted by Gasteiger charge is 2.38. The number of ether oxygens (including phenoxy) is 1. The highest BCUT2D eigenvalue weighted by Crippen LogP contribution is 2.21.